The molecule has 26 heavy (non-hydrogen) atoms. The molecule has 0 unspecified atom stereocenters. The molecule has 2 aliphatic rings. The van der Waals surface area contributed by atoms with E-state index in [1.54, 1.807) is 32.5 Å². The van der Waals surface area contributed by atoms with Crippen molar-refractivity contribution in [3.05, 3.63) is 35.5 Å². The topological polar surface area (TPSA) is 93.2 Å². The first kappa shape index (κ1) is 17.0. The lowest BCUT2D eigenvalue weighted by Gasteiger charge is -2.16. The third-order valence-electron chi connectivity index (χ3n) is 5.23. The van der Waals surface area contributed by atoms with Gasteiger partial charge in [-0.05, 0) is 30.7 Å². The summed E-state index contributed by atoms with van der Waals surface area (Å²) in [6.07, 6.45) is 4.02. The van der Waals surface area contributed by atoms with Crippen LogP contribution in [0.4, 0.5) is 0 Å². The fraction of sp³-hybridized carbons (Fsp3) is 0.556. The molecule has 1 aliphatic carbocycles. The van der Waals surface area contributed by atoms with E-state index in [2.05, 4.69) is 20.2 Å². The Bertz CT molecular complexity index is 771. The monoisotopic (exact) mass is 357 g/mol. The van der Waals surface area contributed by atoms with E-state index >= 15 is 0 Å². The van der Waals surface area contributed by atoms with Crippen LogP contribution in [0, 0.1) is 11.8 Å². The van der Waals surface area contributed by atoms with Crippen LogP contribution >= 0.6 is 0 Å². The zero-order valence-electron chi connectivity index (χ0n) is 15.0. The molecule has 0 radical (unpaired) electrons. The summed E-state index contributed by atoms with van der Waals surface area (Å²) in [7, 11) is 3.19. The van der Waals surface area contributed by atoms with Gasteiger partial charge >= 0.3 is 0 Å². The van der Waals surface area contributed by atoms with Crippen LogP contribution in [-0.4, -0.2) is 58.3 Å². The minimum Gasteiger partial charge on any atom is -0.481 e. The van der Waals surface area contributed by atoms with E-state index in [1.807, 2.05) is 4.90 Å². The quantitative estimate of drug-likeness (QED) is 0.844. The molecule has 2 aromatic heterocycles. The summed E-state index contributed by atoms with van der Waals surface area (Å²) in [6.45, 7) is 1.79. The van der Waals surface area contributed by atoms with E-state index in [0.717, 1.165) is 18.2 Å². The Morgan fingerprint density at radius 1 is 1.31 bits per heavy atom. The van der Waals surface area contributed by atoms with Crippen LogP contribution in [0.5, 0.6) is 5.88 Å². The number of aromatic amines is 1. The molecule has 8 nitrogen and oxygen atoms in total. The molecule has 138 valence electrons. The molecule has 8 heteroatoms. The Labute approximate surface area is 151 Å². The predicted octanol–water partition coefficient (Wildman–Crippen LogP) is 1.62. The predicted molar refractivity (Wildman–Crippen MR) is 92.7 cm³/mol. The van der Waals surface area contributed by atoms with Gasteiger partial charge in [0.2, 0.25) is 5.88 Å². The highest BCUT2D eigenvalue weighted by Gasteiger charge is 2.46. The number of likely N-dealkylation sites (tertiary alicyclic amines) is 1. The normalized spacial score (nSPS) is 22.6. The lowest BCUT2D eigenvalue weighted by molar-refractivity contribution is 0.0784. The average molecular weight is 357 g/mol. The van der Waals surface area contributed by atoms with E-state index in [9.17, 15) is 4.79 Å². The maximum absolute atomic E-state index is 12.9. The molecule has 1 saturated heterocycles. The van der Waals surface area contributed by atoms with Gasteiger partial charge in [-0.2, -0.15) is 5.10 Å². The number of ether oxygens (including phenoxy) is 2. The molecule has 0 bridgehead atoms. The van der Waals surface area contributed by atoms with E-state index in [4.69, 9.17) is 9.47 Å². The second-order valence-corrected chi connectivity index (χ2v) is 6.98. The molecule has 2 atom stereocenters. The van der Waals surface area contributed by atoms with Crippen molar-refractivity contribution in [2.75, 3.05) is 27.3 Å². The van der Waals surface area contributed by atoms with Crippen molar-refractivity contribution in [3.63, 3.8) is 0 Å². The Hall–Kier alpha value is -2.48. The van der Waals surface area contributed by atoms with Gasteiger partial charge in [0.05, 0.1) is 12.7 Å². The molecule has 0 spiro atoms. The average Bonchev–Trinajstić information content (AvgIpc) is 3.25. The summed E-state index contributed by atoms with van der Waals surface area (Å²) in [5, 5.41) is 7.32. The van der Waals surface area contributed by atoms with E-state index in [0.29, 0.717) is 36.4 Å². The number of H-pyrrole nitrogens is 1. The van der Waals surface area contributed by atoms with E-state index < -0.39 is 0 Å². The maximum atomic E-state index is 12.9. The van der Waals surface area contributed by atoms with Crippen LogP contribution in [0.25, 0.3) is 0 Å². The Balaban J connectivity index is 1.52. The van der Waals surface area contributed by atoms with Gasteiger partial charge in [-0.3, -0.25) is 9.89 Å². The minimum absolute atomic E-state index is 0.000883. The van der Waals surface area contributed by atoms with Gasteiger partial charge in [-0.25, -0.2) is 9.97 Å². The summed E-state index contributed by atoms with van der Waals surface area (Å²) < 4.78 is 10.2. The van der Waals surface area contributed by atoms with Crippen molar-refractivity contribution in [1.29, 1.82) is 0 Å². The molecular weight excluding hydrogens is 334 g/mol. The van der Waals surface area contributed by atoms with Gasteiger partial charge in [0, 0.05) is 38.4 Å². The van der Waals surface area contributed by atoms with Gasteiger partial charge in [0.1, 0.15) is 6.61 Å². The minimum atomic E-state index is 0.000883. The van der Waals surface area contributed by atoms with Gasteiger partial charge < -0.3 is 14.4 Å². The first-order chi connectivity index (χ1) is 12.7. The number of nitrogens with zero attached hydrogens (tertiary/aromatic N) is 4. The summed E-state index contributed by atoms with van der Waals surface area (Å²) in [4.78, 5) is 23.5. The van der Waals surface area contributed by atoms with E-state index in [1.165, 1.54) is 12.8 Å². The second-order valence-electron chi connectivity index (χ2n) is 6.98. The Kier molecular flexibility index (Phi) is 4.58. The third kappa shape index (κ3) is 3.29. The van der Waals surface area contributed by atoms with Crippen LogP contribution in [0.1, 0.15) is 40.8 Å². The van der Waals surface area contributed by atoms with Crippen molar-refractivity contribution in [2.24, 2.45) is 11.8 Å². The molecular formula is C18H23N5O3. The number of nitrogens with one attached hydrogen (secondary N) is 1. The fourth-order valence-electron chi connectivity index (χ4n) is 3.76. The number of carbonyl (C=O) groups is 1. The lowest BCUT2D eigenvalue weighted by Crippen LogP contribution is -2.29. The van der Waals surface area contributed by atoms with Crippen LogP contribution in [0.3, 0.4) is 0 Å². The van der Waals surface area contributed by atoms with Crippen molar-refractivity contribution >= 4 is 5.91 Å². The van der Waals surface area contributed by atoms with Crippen LogP contribution in [0.2, 0.25) is 0 Å². The standard InChI is InChI=1S/C18H23N5O3/c1-25-10-15-20-17(22-21-15)14-9-23(8-13(14)11-3-4-11)18(24)12-5-6-16(26-2)19-7-12/h5-7,11,13-14H,3-4,8-10H2,1-2H3,(H,20,21,22)/t13-,14+/m1/s1. The highest BCUT2D eigenvalue weighted by molar-refractivity contribution is 5.94. The Morgan fingerprint density at radius 3 is 2.81 bits per heavy atom. The number of carbonyl (C=O) groups excluding carboxylic acids is 1. The molecule has 2 aromatic rings. The molecule has 3 heterocycles. The first-order valence-electron chi connectivity index (χ1n) is 8.89. The highest BCUT2D eigenvalue weighted by Crippen LogP contribution is 2.47. The van der Waals surface area contributed by atoms with Crippen LogP contribution in [-0.2, 0) is 11.3 Å². The molecule has 1 amide bonds. The lowest BCUT2D eigenvalue weighted by atomic mass is 9.91. The molecule has 2 fully saturated rings. The van der Waals surface area contributed by atoms with Gasteiger partial charge in [0.15, 0.2) is 11.6 Å². The van der Waals surface area contributed by atoms with Crippen molar-refractivity contribution in [1.82, 2.24) is 25.1 Å². The summed E-state index contributed by atoms with van der Waals surface area (Å²) in [5.41, 5.74) is 0.580. The summed E-state index contributed by atoms with van der Waals surface area (Å²) in [6, 6.07) is 3.47. The molecule has 1 aliphatic heterocycles. The van der Waals surface area contributed by atoms with Crippen LogP contribution in [0.15, 0.2) is 18.3 Å². The number of rotatable bonds is 6. The first-order valence-corrected chi connectivity index (χ1v) is 8.89. The zero-order valence-corrected chi connectivity index (χ0v) is 15.0. The molecule has 1 saturated carbocycles. The smallest absolute Gasteiger partial charge is 0.255 e. The SMILES string of the molecule is COCc1nc([C@H]2CN(C(=O)c3ccc(OC)nc3)C[C@@H]2C2CC2)n[nH]1. The third-order valence-corrected chi connectivity index (χ3v) is 5.23. The molecule has 4 rings (SSSR count). The van der Waals surface area contributed by atoms with E-state index in [-0.39, 0.29) is 11.8 Å². The van der Waals surface area contributed by atoms with Crippen molar-refractivity contribution in [2.45, 2.75) is 25.4 Å². The maximum Gasteiger partial charge on any atom is 0.255 e. The van der Waals surface area contributed by atoms with Crippen LogP contribution < -0.4 is 4.74 Å². The summed E-state index contributed by atoms with van der Waals surface area (Å²) in [5.74, 6) is 3.26. The largest absolute Gasteiger partial charge is 0.481 e. The Morgan fingerprint density at radius 2 is 2.15 bits per heavy atom. The number of methoxy groups -OCH3 is 2. The molecule has 1 N–H and O–H groups in total. The number of pyridine rings is 1. The van der Waals surface area contributed by atoms with Crippen molar-refractivity contribution < 1.29 is 14.3 Å². The van der Waals surface area contributed by atoms with Gasteiger partial charge in [-0.15, -0.1) is 0 Å². The molecule has 0 aromatic carbocycles. The van der Waals surface area contributed by atoms with Gasteiger partial charge in [-0.1, -0.05) is 0 Å². The number of amides is 1. The number of hydrogen-bond acceptors (Lipinski definition) is 6. The van der Waals surface area contributed by atoms with Crippen molar-refractivity contribution in [3.8, 4) is 5.88 Å². The highest BCUT2D eigenvalue weighted by atomic mass is 16.5. The number of hydrogen-bond donors (Lipinski definition) is 1. The second kappa shape index (κ2) is 7.03. The van der Waals surface area contributed by atoms with Gasteiger partial charge in [0.25, 0.3) is 5.91 Å². The zero-order chi connectivity index (χ0) is 18.1. The number of aromatic nitrogens is 4. The summed E-state index contributed by atoms with van der Waals surface area (Å²) >= 11 is 0. The fourth-order valence-corrected chi connectivity index (χ4v) is 3.76.